The lowest BCUT2D eigenvalue weighted by molar-refractivity contribution is -0.140. The molecule has 7 aliphatic rings. The maximum absolute atomic E-state index is 14.6. The fourth-order valence-corrected chi connectivity index (χ4v) is 9.25. The Morgan fingerprint density at radius 2 is 1.33 bits per heavy atom. The van der Waals surface area contributed by atoms with Gasteiger partial charge in [-0.1, -0.05) is 72.8 Å². The third kappa shape index (κ3) is 2.84. The first-order valence-electron chi connectivity index (χ1n) is 14.8. The predicted molar refractivity (Wildman–Crippen MR) is 156 cm³/mol. The van der Waals surface area contributed by atoms with E-state index >= 15 is 0 Å². The summed E-state index contributed by atoms with van der Waals surface area (Å²) in [5.74, 6) is -3.30. The molecule has 212 valence electrons. The zero-order valence-electron chi connectivity index (χ0n) is 23.3. The topological polar surface area (TPSA) is 96.3 Å². The molecule has 1 saturated carbocycles. The third-order valence-corrected chi connectivity index (χ3v) is 10.8. The number of benzene rings is 3. The van der Waals surface area contributed by atoms with Crippen molar-refractivity contribution in [3.63, 3.8) is 0 Å². The normalized spacial score (nSPS) is 34.3. The van der Waals surface area contributed by atoms with E-state index in [1.54, 1.807) is 30.5 Å². The molecule has 5 aliphatic carbocycles. The van der Waals surface area contributed by atoms with E-state index in [0.29, 0.717) is 11.4 Å². The number of anilines is 1. The van der Waals surface area contributed by atoms with Crippen molar-refractivity contribution in [3.05, 3.63) is 107 Å². The lowest BCUT2D eigenvalue weighted by Gasteiger charge is -2.52. The molecule has 6 atom stereocenters. The first kappa shape index (κ1) is 24.7. The Bertz CT molecular complexity index is 1780. The van der Waals surface area contributed by atoms with Crippen LogP contribution in [0.4, 0.5) is 5.69 Å². The molecule has 0 radical (unpaired) electrons. The van der Waals surface area contributed by atoms with Crippen LogP contribution >= 0.6 is 0 Å². The van der Waals surface area contributed by atoms with Crippen molar-refractivity contribution >= 4 is 35.5 Å². The number of ether oxygens (including phenoxy) is 1. The van der Waals surface area contributed by atoms with Gasteiger partial charge in [-0.3, -0.25) is 19.2 Å². The van der Waals surface area contributed by atoms with Gasteiger partial charge in [0, 0.05) is 12.1 Å². The standard InChI is InChI=1S/C35H27N3O5/c1-43-25-13-7-6-12-24(25)37-31(39)29-28-20-8-2-4-10-22(20)35(30(29)34(37)42,23-11-5-3-9-21(23)28)17-36-38-32(40)26-18-14-15-19(16-18)27(26)33(38)41/h2-15,17-19,26-30H,16H2,1H3/b36-17-/t18-,19-,26+,27+,28?,29+,30+,35?/m0/s1. The first-order chi connectivity index (χ1) is 21.0. The molecule has 8 heteroatoms. The van der Waals surface area contributed by atoms with Crippen molar-refractivity contribution in [2.75, 3.05) is 12.0 Å². The minimum atomic E-state index is -1.17. The summed E-state index contributed by atoms with van der Waals surface area (Å²) in [7, 11) is 1.52. The number of amides is 4. The third-order valence-electron chi connectivity index (χ3n) is 10.8. The number of allylic oxidation sites excluding steroid dienone is 2. The molecule has 8 nitrogen and oxygen atoms in total. The predicted octanol–water partition coefficient (Wildman–Crippen LogP) is 4.04. The van der Waals surface area contributed by atoms with E-state index in [-0.39, 0.29) is 53.2 Å². The monoisotopic (exact) mass is 569 g/mol. The lowest BCUT2D eigenvalue weighted by Crippen LogP contribution is -2.55. The van der Waals surface area contributed by atoms with Crippen LogP contribution in [0.2, 0.25) is 0 Å². The van der Waals surface area contributed by atoms with Gasteiger partial charge in [0.2, 0.25) is 11.8 Å². The minimum absolute atomic E-state index is 0.0595. The van der Waals surface area contributed by atoms with Crippen molar-refractivity contribution in [1.29, 1.82) is 0 Å². The number of methoxy groups -OCH3 is 1. The number of hydrogen-bond acceptors (Lipinski definition) is 6. The maximum Gasteiger partial charge on any atom is 0.254 e. The molecule has 43 heavy (non-hydrogen) atoms. The van der Waals surface area contributed by atoms with Gasteiger partial charge < -0.3 is 4.74 Å². The number of hydrogen-bond donors (Lipinski definition) is 0. The van der Waals surface area contributed by atoms with Gasteiger partial charge in [-0.05, 0) is 52.6 Å². The molecule has 4 bridgehead atoms. The zero-order chi connectivity index (χ0) is 29.2. The number of imide groups is 2. The van der Waals surface area contributed by atoms with Crippen molar-refractivity contribution < 1.29 is 23.9 Å². The summed E-state index contributed by atoms with van der Waals surface area (Å²) in [5, 5.41) is 5.72. The summed E-state index contributed by atoms with van der Waals surface area (Å²) in [6.45, 7) is 0. The van der Waals surface area contributed by atoms with Crippen molar-refractivity contribution in [3.8, 4) is 5.75 Å². The van der Waals surface area contributed by atoms with Gasteiger partial charge in [-0.15, -0.1) is 0 Å². The summed E-state index contributed by atoms with van der Waals surface area (Å²) >= 11 is 0. The fourth-order valence-electron chi connectivity index (χ4n) is 9.25. The highest BCUT2D eigenvalue weighted by Crippen LogP contribution is 2.64. The largest absolute Gasteiger partial charge is 0.495 e. The highest BCUT2D eigenvalue weighted by molar-refractivity contribution is 6.25. The van der Waals surface area contributed by atoms with Crippen LogP contribution in [0, 0.1) is 35.5 Å². The Kier molecular flexibility index (Phi) is 4.81. The van der Waals surface area contributed by atoms with Crippen LogP contribution < -0.4 is 9.64 Å². The molecule has 3 aromatic rings. The molecule has 2 saturated heterocycles. The number of para-hydroxylation sites is 2. The number of hydrazone groups is 1. The van der Waals surface area contributed by atoms with Crippen LogP contribution in [0.25, 0.3) is 0 Å². The summed E-state index contributed by atoms with van der Waals surface area (Å²) in [4.78, 5) is 57.6. The second kappa shape index (κ2) is 8.37. The molecular formula is C35H27N3O5. The van der Waals surface area contributed by atoms with Crippen molar-refractivity contribution in [2.24, 2.45) is 40.6 Å². The van der Waals surface area contributed by atoms with E-state index in [9.17, 15) is 19.2 Å². The van der Waals surface area contributed by atoms with Gasteiger partial charge in [0.15, 0.2) is 0 Å². The molecule has 0 N–H and O–H groups in total. The van der Waals surface area contributed by atoms with Crippen molar-refractivity contribution in [1.82, 2.24) is 5.01 Å². The van der Waals surface area contributed by atoms with Crippen molar-refractivity contribution in [2.45, 2.75) is 17.8 Å². The van der Waals surface area contributed by atoms with Crippen LogP contribution in [0.1, 0.15) is 34.6 Å². The SMILES string of the molecule is COc1ccccc1N1C(=O)[C@@H]2C3c4ccccc4C(/C=N\N4C(=O)[C@H]5[C@H](C4=O)[C@H]4C=C[C@H]5C4)(c4ccccc43)[C@H]2C1=O. The summed E-state index contributed by atoms with van der Waals surface area (Å²) in [6.07, 6.45) is 6.56. The Labute approximate surface area is 247 Å². The highest BCUT2D eigenvalue weighted by atomic mass is 16.5. The Balaban J connectivity index is 1.25. The Morgan fingerprint density at radius 3 is 1.95 bits per heavy atom. The number of carbonyl (C=O) groups excluding carboxylic acids is 4. The van der Waals surface area contributed by atoms with E-state index in [1.807, 2.05) is 48.5 Å². The molecule has 0 aromatic heterocycles. The quantitative estimate of drug-likeness (QED) is 0.269. The smallest absolute Gasteiger partial charge is 0.254 e. The van der Waals surface area contributed by atoms with E-state index in [4.69, 9.17) is 4.74 Å². The second-order valence-electron chi connectivity index (χ2n) is 12.4. The second-order valence-corrected chi connectivity index (χ2v) is 12.4. The Hall–Kier alpha value is -4.85. The van der Waals surface area contributed by atoms with E-state index in [2.05, 4.69) is 17.3 Å². The molecule has 2 heterocycles. The number of nitrogens with zero attached hydrogens (tertiary/aromatic N) is 3. The van der Waals surface area contributed by atoms with Gasteiger partial charge in [0.1, 0.15) is 5.75 Å². The average Bonchev–Trinajstić information content (AvgIpc) is 3.78. The number of fused-ring (bicyclic) bond motifs is 5. The molecule has 4 amide bonds. The number of carbonyl (C=O) groups is 4. The zero-order valence-corrected chi connectivity index (χ0v) is 23.3. The molecule has 10 rings (SSSR count). The molecule has 3 aromatic carbocycles. The summed E-state index contributed by atoms with van der Waals surface area (Å²) in [6, 6.07) is 22.7. The highest BCUT2D eigenvalue weighted by Gasteiger charge is 2.68. The van der Waals surface area contributed by atoms with Gasteiger partial charge in [0.05, 0.1) is 41.9 Å². The maximum atomic E-state index is 14.6. The molecular weight excluding hydrogens is 542 g/mol. The summed E-state index contributed by atoms with van der Waals surface area (Å²) < 4.78 is 5.56. The van der Waals surface area contributed by atoms with E-state index in [1.165, 1.54) is 12.0 Å². The average molecular weight is 570 g/mol. The van der Waals surface area contributed by atoms with Crippen LogP contribution in [0.3, 0.4) is 0 Å². The molecule has 0 unspecified atom stereocenters. The van der Waals surface area contributed by atoms with E-state index < -0.39 is 17.3 Å². The molecule has 2 aliphatic heterocycles. The van der Waals surface area contributed by atoms with E-state index in [0.717, 1.165) is 33.7 Å². The van der Waals surface area contributed by atoms with Crippen LogP contribution in [-0.4, -0.2) is 42.0 Å². The first-order valence-corrected chi connectivity index (χ1v) is 14.8. The van der Waals surface area contributed by atoms with Gasteiger partial charge in [-0.2, -0.15) is 10.1 Å². The molecule has 3 fully saturated rings. The fraction of sp³-hybridized carbons (Fsp3) is 0.286. The van der Waals surface area contributed by atoms with Crippen LogP contribution in [0.15, 0.2) is 90.0 Å². The van der Waals surface area contributed by atoms with Gasteiger partial charge >= 0.3 is 0 Å². The summed E-state index contributed by atoms with van der Waals surface area (Å²) in [5.41, 5.74) is 2.87. The van der Waals surface area contributed by atoms with Gasteiger partial charge in [0.25, 0.3) is 11.8 Å². The number of rotatable bonds is 4. The minimum Gasteiger partial charge on any atom is -0.495 e. The Morgan fingerprint density at radius 1 is 0.744 bits per heavy atom. The van der Waals surface area contributed by atoms with Gasteiger partial charge in [-0.25, -0.2) is 4.90 Å². The lowest BCUT2D eigenvalue weighted by atomic mass is 9.47. The van der Waals surface area contributed by atoms with Crippen LogP contribution in [0.5, 0.6) is 5.75 Å². The van der Waals surface area contributed by atoms with Crippen LogP contribution in [-0.2, 0) is 24.6 Å². The molecule has 0 spiro atoms.